The molecule has 0 spiro atoms. The van der Waals surface area contributed by atoms with Crippen molar-refractivity contribution in [3.8, 4) is 0 Å². The van der Waals surface area contributed by atoms with Crippen LogP contribution in [-0.4, -0.2) is 29.1 Å². The second-order valence-electron chi connectivity index (χ2n) is 5.85. The minimum Gasteiger partial charge on any atom is -0.338 e. The average molecular weight is 278 g/mol. The highest BCUT2D eigenvalue weighted by atomic mass is 15.3. The Hall–Kier alpha value is -1.16. The van der Waals surface area contributed by atoms with E-state index < -0.39 is 0 Å². The van der Waals surface area contributed by atoms with Crippen LogP contribution in [-0.2, 0) is 6.54 Å². The SMILES string of the molecule is CCC(C)N(CC)c1ncc(CNCC(C)C)c(C)n1. The summed E-state index contributed by atoms with van der Waals surface area (Å²) in [6.45, 7) is 15.9. The third-order valence-corrected chi connectivity index (χ3v) is 3.66. The van der Waals surface area contributed by atoms with E-state index >= 15 is 0 Å². The van der Waals surface area contributed by atoms with Gasteiger partial charge >= 0.3 is 0 Å². The van der Waals surface area contributed by atoms with Crippen molar-refractivity contribution in [1.29, 1.82) is 0 Å². The van der Waals surface area contributed by atoms with Crippen molar-refractivity contribution in [2.24, 2.45) is 5.92 Å². The van der Waals surface area contributed by atoms with Gasteiger partial charge in [-0.3, -0.25) is 0 Å². The van der Waals surface area contributed by atoms with E-state index in [1.54, 1.807) is 0 Å². The van der Waals surface area contributed by atoms with Crippen molar-refractivity contribution in [3.05, 3.63) is 17.5 Å². The minimum atomic E-state index is 0.476. The molecule has 0 aliphatic heterocycles. The molecule has 20 heavy (non-hydrogen) atoms. The Morgan fingerprint density at radius 2 is 1.95 bits per heavy atom. The summed E-state index contributed by atoms with van der Waals surface area (Å²) in [6, 6.07) is 0.476. The van der Waals surface area contributed by atoms with Crippen molar-refractivity contribution in [1.82, 2.24) is 15.3 Å². The Bertz CT molecular complexity index is 403. The second-order valence-corrected chi connectivity index (χ2v) is 5.85. The first-order valence-corrected chi connectivity index (χ1v) is 7.79. The molecule has 0 saturated heterocycles. The first-order chi connectivity index (χ1) is 9.49. The molecule has 4 nitrogen and oxygen atoms in total. The number of nitrogens with one attached hydrogen (secondary N) is 1. The van der Waals surface area contributed by atoms with Gasteiger partial charge in [0.05, 0.1) is 0 Å². The van der Waals surface area contributed by atoms with Gasteiger partial charge in [-0.25, -0.2) is 9.97 Å². The summed E-state index contributed by atoms with van der Waals surface area (Å²) in [5.41, 5.74) is 2.27. The molecular weight excluding hydrogens is 248 g/mol. The summed E-state index contributed by atoms with van der Waals surface area (Å²) in [7, 11) is 0. The highest BCUT2D eigenvalue weighted by Gasteiger charge is 2.14. The maximum Gasteiger partial charge on any atom is 0.225 e. The Balaban J connectivity index is 2.76. The van der Waals surface area contributed by atoms with E-state index in [1.165, 1.54) is 5.56 Å². The van der Waals surface area contributed by atoms with Crippen molar-refractivity contribution in [3.63, 3.8) is 0 Å². The Morgan fingerprint density at radius 3 is 2.45 bits per heavy atom. The summed E-state index contributed by atoms with van der Waals surface area (Å²) in [4.78, 5) is 11.5. The third kappa shape index (κ3) is 4.75. The number of aromatic nitrogens is 2. The van der Waals surface area contributed by atoms with Gasteiger partial charge in [-0.05, 0) is 39.7 Å². The smallest absolute Gasteiger partial charge is 0.225 e. The largest absolute Gasteiger partial charge is 0.338 e. The summed E-state index contributed by atoms with van der Waals surface area (Å²) in [5, 5.41) is 3.44. The van der Waals surface area contributed by atoms with Gasteiger partial charge in [0.15, 0.2) is 0 Å². The fourth-order valence-electron chi connectivity index (χ4n) is 2.16. The van der Waals surface area contributed by atoms with Gasteiger partial charge in [0.1, 0.15) is 0 Å². The van der Waals surface area contributed by atoms with Crippen LogP contribution < -0.4 is 10.2 Å². The second kappa shape index (κ2) is 8.20. The summed E-state index contributed by atoms with van der Waals surface area (Å²) in [6.07, 6.45) is 3.07. The zero-order valence-electron chi connectivity index (χ0n) is 13.9. The van der Waals surface area contributed by atoms with Crippen LogP contribution in [0.15, 0.2) is 6.20 Å². The predicted molar refractivity (Wildman–Crippen MR) is 86.1 cm³/mol. The van der Waals surface area contributed by atoms with Crippen LogP contribution in [0.25, 0.3) is 0 Å². The Labute approximate surface area is 124 Å². The standard InChI is InChI=1S/C16H30N4/c1-7-13(5)20(8-2)16-18-11-15(14(6)19-16)10-17-9-12(3)4/h11-13,17H,7-10H2,1-6H3. The number of hydrogen-bond acceptors (Lipinski definition) is 4. The van der Waals surface area contributed by atoms with Gasteiger partial charge in [-0.2, -0.15) is 0 Å². The molecule has 1 atom stereocenters. The monoisotopic (exact) mass is 278 g/mol. The summed E-state index contributed by atoms with van der Waals surface area (Å²) in [5.74, 6) is 1.52. The molecule has 0 aliphatic carbocycles. The molecule has 0 fully saturated rings. The van der Waals surface area contributed by atoms with Crippen LogP contribution in [0, 0.1) is 12.8 Å². The quantitative estimate of drug-likeness (QED) is 0.793. The van der Waals surface area contributed by atoms with Gasteiger partial charge in [0.2, 0.25) is 5.95 Å². The van der Waals surface area contributed by atoms with E-state index in [9.17, 15) is 0 Å². The molecule has 0 amide bonds. The lowest BCUT2D eigenvalue weighted by Crippen LogP contribution is -2.34. The molecule has 1 aromatic heterocycles. The third-order valence-electron chi connectivity index (χ3n) is 3.66. The molecule has 1 heterocycles. The van der Waals surface area contributed by atoms with Crippen LogP contribution in [0.5, 0.6) is 0 Å². The molecule has 1 unspecified atom stereocenters. The van der Waals surface area contributed by atoms with Crippen LogP contribution in [0.1, 0.15) is 52.3 Å². The van der Waals surface area contributed by atoms with Crippen molar-refractivity contribution >= 4 is 5.95 Å². The van der Waals surface area contributed by atoms with Crippen LogP contribution in [0.4, 0.5) is 5.95 Å². The normalized spacial score (nSPS) is 12.8. The summed E-state index contributed by atoms with van der Waals surface area (Å²) >= 11 is 0. The topological polar surface area (TPSA) is 41.1 Å². The fourth-order valence-corrected chi connectivity index (χ4v) is 2.16. The molecule has 0 saturated carbocycles. The van der Waals surface area contributed by atoms with Crippen LogP contribution in [0.2, 0.25) is 0 Å². The van der Waals surface area contributed by atoms with E-state index in [0.29, 0.717) is 12.0 Å². The number of aryl methyl sites for hydroxylation is 1. The van der Waals surface area contributed by atoms with E-state index in [4.69, 9.17) is 0 Å². The van der Waals surface area contributed by atoms with Gasteiger partial charge in [-0.1, -0.05) is 20.8 Å². The summed E-state index contributed by atoms with van der Waals surface area (Å²) < 4.78 is 0. The van der Waals surface area contributed by atoms with Gasteiger partial charge < -0.3 is 10.2 Å². The maximum absolute atomic E-state index is 4.69. The maximum atomic E-state index is 4.69. The first-order valence-electron chi connectivity index (χ1n) is 7.79. The van der Waals surface area contributed by atoms with Gasteiger partial charge in [-0.15, -0.1) is 0 Å². The number of nitrogens with zero attached hydrogens (tertiary/aromatic N) is 3. The fraction of sp³-hybridized carbons (Fsp3) is 0.750. The number of hydrogen-bond donors (Lipinski definition) is 1. The molecule has 0 bridgehead atoms. The predicted octanol–water partition coefficient (Wildman–Crippen LogP) is 3.16. The van der Waals surface area contributed by atoms with Gasteiger partial charge in [0, 0.05) is 36.6 Å². The molecule has 1 N–H and O–H groups in total. The van der Waals surface area contributed by atoms with E-state index in [-0.39, 0.29) is 0 Å². The molecule has 4 heteroatoms. The lowest BCUT2D eigenvalue weighted by atomic mass is 10.2. The molecule has 0 aliphatic rings. The van der Waals surface area contributed by atoms with Crippen LogP contribution in [0.3, 0.4) is 0 Å². The molecule has 0 radical (unpaired) electrons. The number of anilines is 1. The lowest BCUT2D eigenvalue weighted by molar-refractivity contribution is 0.549. The number of rotatable bonds is 8. The highest BCUT2D eigenvalue weighted by molar-refractivity contribution is 5.34. The minimum absolute atomic E-state index is 0.476. The van der Waals surface area contributed by atoms with E-state index in [0.717, 1.165) is 37.7 Å². The van der Waals surface area contributed by atoms with E-state index in [1.807, 2.05) is 6.20 Å². The molecule has 1 aromatic rings. The van der Waals surface area contributed by atoms with Gasteiger partial charge in [0.25, 0.3) is 0 Å². The van der Waals surface area contributed by atoms with Crippen molar-refractivity contribution in [2.75, 3.05) is 18.0 Å². The molecule has 1 rings (SSSR count). The zero-order chi connectivity index (χ0) is 15.1. The van der Waals surface area contributed by atoms with Crippen molar-refractivity contribution < 1.29 is 0 Å². The van der Waals surface area contributed by atoms with E-state index in [2.05, 4.69) is 61.7 Å². The molecule has 0 aromatic carbocycles. The molecule has 114 valence electrons. The average Bonchev–Trinajstić information content (AvgIpc) is 2.41. The lowest BCUT2D eigenvalue weighted by Gasteiger charge is -2.27. The zero-order valence-corrected chi connectivity index (χ0v) is 13.9. The Morgan fingerprint density at radius 1 is 1.25 bits per heavy atom. The van der Waals surface area contributed by atoms with Crippen LogP contribution >= 0.6 is 0 Å². The first kappa shape index (κ1) is 16.9. The van der Waals surface area contributed by atoms with Crippen molar-refractivity contribution in [2.45, 2.75) is 60.5 Å². The Kier molecular flexibility index (Phi) is 6.93. The highest BCUT2D eigenvalue weighted by Crippen LogP contribution is 2.15. The molecular formula is C16H30N4.